The van der Waals surface area contributed by atoms with Gasteiger partial charge in [-0.2, -0.15) is 0 Å². The predicted molar refractivity (Wildman–Crippen MR) is 67.4 cm³/mol. The van der Waals surface area contributed by atoms with Crippen LogP contribution in [0.5, 0.6) is 5.75 Å². The van der Waals surface area contributed by atoms with E-state index in [0.29, 0.717) is 6.04 Å². The standard InChI is InChI=1S/C13H20N2O2/c1-14-13(12-9-17-8-7-15-12)10-3-5-11(16-2)6-4-10/h3-6,12-15H,7-9H2,1-2H3. The molecule has 94 valence electrons. The zero-order valence-corrected chi connectivity index (χ0v) is 10.4. The zero-order valence-electron chi connectivity index (χ0n) is 10.4. The van der Waals surface area contributed by atoms with Gasteiger partial charge >= 0.3 is 0 Å². The smallest absolute Gasteiger partial charge is 0.118 e. The molecular weight excluding hydrogens is 216 g/mol. The van der Waals surface area contributed by atoms with Crippen molar-refractivity contribution >= 4 is 0 Å². The van der Waals surface area contributed by atoms with Gasteiger partial charge in [-0.05, 0) is 24.7 Å². The summed E-state index contributed by atoms with van der Waals surface area (Å²) in [6, 6.07) is 8.75. The molecule has 2 rings (SSSR count). The molecule has 1 aromatic rings. The van der Waals surface area contributed by atoms with Crippen molar-refractivity contribution in [2.75, 3.05) is 33.9 Å². The highest BCUT2D eigenvalue weighted by molar-refractivity contribution is 5.30. The van der Waals surface area contributed by atoms with Crippen LogP contribution < -0.4 is 15.4 Å². The number of morpholine rings is 1. The van der Waals surface area contributed by atoms with Crippen LogP contribution in [-0.2, 0) is 4.74 Å². The van der Waals surface area contributed by atoms with Crippen molar-refractivity contribution in [3.63, 3.8) is 0 Å². The minimum atomic E-state index is 0.265. The highest BCUT2D eigenvalue weighted by Crippen LogP contribution is 2.21. The van der Waals surface area contributed by atoms with Crippen LogP contribution in [0.25, 0.3) is 0 Å². The number of benzene rings is 1. The molecule has 0 bridgehead atoms. The van der Waals surface area contributed by atoms with Gasteiger partial charge in [0.2, 0.25) is 0 Å². The Morgan fingerprint density at radius 3 is 2.71 bits per heavy atom. The van der Waals surface area contributed by atoms with Crippen molar-refractivity contribution in [3.8, 4) is 5.75 Å². The molecule has 2 unspecified atom stereocenters. The van der Waals surface area contributed by atoms with Crippen LogP contribution in [0.2, 0.25) is 0 Å². The third-order valence-electron chi connectivity index (χ3n) is 3.14. The molecule has 4 nitrogen and oxygen atoms in total. The first-order valence-corrected chi connectivity index (χ1v) is 5.97. The van der Waals surface area contributed by atoms with Crippen LogP contribution in [0.4, 0.5) is 0 Å². The van der Waals surface area contributed by atoms with Crippen molar-refractivity contribution in [2.24, 2.45) is 0 Å². The molecule has 1 aromatic carbocycles. The minimum Gasteiger partial charge on any atom is -0.497 e. The number of rotatable bonds is 4. The molecule has 2 atom stereocenters. The Morgan fingerprint density at radius 2 is 2.18 bits per heavy atom. The number of hydrogen-bond acceptors (Lipinski definition) is 4. The maximum absolute atomic E-state index is 5.50. The maximum atomic E-state index is 5.50. The third-order valence-corrected chi connectivity index (χ3v) is 3.14. The fourth-order valence-electron chi connectivity index (χ4n) is 2.21. The molecule has 0 aromatic heterocycles. The first-order valence-electron chi connectivity index (χ1n) is 5.97. The maximum Gasteiger partial charge on any atom is 0.118 e. The van der Waals surface area contributed by atoms with E-state index in [1.807, 2.05) is 19.2 Å². The normalized spacial score (nSPS) is 22.1. The van der Waals surface area contributed by atoms with Crippen molar-refractivity contribution in [3.05, 3.63) is 29.8 Å². The van der Waals surface area contributed by atoms with Crippen molar-refractivity contribution in [2.45, 2.75) is 12.1 Å². The van der Waals surface area contributed by atoms with E-state index in [1.165, 1.54) is 5.56 Å². The van der Waals surface area contributed by atoms with Gasteiger partial charge in [0.15, 0.2) is 0 Å². The average molecular weight is 236 g/mol. The molecule has 0 amide bonds. The highest BCUT2D eigenvalue weighted by atomic mass is 16.5. The number of nitrogens with one attached hydrogen (secondary N) is 2. The molecule has 0 spiro atoms. The van der Waals surface area contributed by atoms with E-state index in [1.54, 1.807) is 7.11 Å². The van der Waals surface area contributed by atoms with Gasteiger partial charge in [0.05, 0.1) is 26.4 Å². The predicted octanol–water partition coefficient (Wildman–Crippen LogP) is 0.944. The number of methoxy groups -OCH3 is 1. The molecular formula is C13H20N2O2. The fourth-order valence-corrected chi connectivity index (χ4v) is 2.21. The van der Waals surface area contributed by atoms with Crippen LogP contribution in [0.1, 0.15) is 11.6 Å². The summed E-state index contributed by atoms with van der Waals surface area (Å²) >= 11 is 0. The van der Waals surface area contributed by atoms with Crippen LogP contribution in [0.15, 0.2) is 24.3 Å². The lowest BCUT2D eigenvalue weighted by molar-refractivity contribution is 0.0645. The molecule has 0 radical (unpaired) electrons. The zero-order chi connectivity index (χ0) is 12.1. The summed E-state index contributed by atoms with van der Waals surface area (Å²) in [6.45, 7) is 2.46. The summed E-state index contributed by atoms with van der Waals surface area (Å²) in [5.74, 6) is 0.886. The van der Waals surface area contributed by atoms with Gasteiger partial charge in [-0.1, -0.05) is 12.1 Å². The molecule has 1 heterocycles. The van der Waals surface area contributed by atoms with Crippen LogP contribution in [-0.4, -0.2) is 40.0 Å². The second kappa shape index (κ2) is 6.00. The molecule has 2 N–H and O–H groups in total. The SMILES string of the molecule is CNC(c1ccc(OC)cc1)C1COCCN1. The molecule has 4 heteroatoms. The molecule has 0 saturated carbocycles. The summed E-state index contributed by atoms with van der Waals surface area (Å²) in [6.07, 6.45) is 0. The Hall–Kier alpha value is -1.10. The van der Waals surface area contributed by atoms with Gasteiger partial charge in [0, 0.05) is 12.6 Å². The van der Waals surface area contributed by atoms with E-state index in [0.717, 1.165) is 25.5 Å². The monoisotopic (exact) mass is 236 g/mol. The Bertz CT molecular complexity index is 334. The molecule has 0 aliphatic carbocycles. The van der Waals surface area contributed by atoms with E-state index in [-0.39, 0.29) is 6.04 Å². The van der Waals surface area contributed by atoms with E-state index in [9.17, 15) is 0 Å². The fraction of sp³-hybridized carbons (Fsp3) is 0.538. The molecule has 1 saturated heterocycles. The number of likely N-dealkylation sites (N-methyl/N-ethyl adjacent to an activating group) is 1. The van der Waals surface area contributed by atoms with Crippen LogP contribution >= 0.6 is 0 Å². The van der Waals surface area contributed by atoms with Gasteiger partial charge in [0.1, 0.15) is 5.75 Å². The van der Waals surface area contributed by atoms with E-state index in [2.05, 4.69) is 22.8 Å². The molecule has 1 aliphatic rings. The molecule has 1 aliphatic heterocycles. The first-order chi connectivity index (χ1) is 8.35. The van der Waals surface area contributed by atoms with Gasteiger partial charge in [0.25, 0.3) is 0 Å². The summed E-state index contributed by atoms with van der Waals surface area (Å²) in [5, 5.41) is 6.82. The van der Waals surface area contributed by atoms with Crippen molar-refractivity contribution < 1.29 is 9.47 Å². The molecule has 1 fully saturated rings. The largest absolute Gasteiger partial charge is 0.497 e. The first kappa shape index (κ1) is 12.4. The third kappa shape index (κ3) is 2.97. The Labute approximate surface area is 102 Å². The Kier molecular flexibility index (Phi) is 4.36. The summed E-state index contributed by atoms with van der Waals surface area (Å²) in [7, 11) is 3.66. The summed E-state index contributed by atoms with van der Waals surface area (Å²) in [5.41, 5.74) is 1.25. The van der Waals surface area contributed by atoms with Gasteiger partial charge in [-0.15, -0.1) is 0 Å². The highest BCUT2D eigenvalue weighted by Gasteiger charge is 2.23. The summed E-state index contributed by atoms with van der Waals surface area (Å²) in [4.78, 5) is 0. The lowest BCUT2D eigenvalue weighted by Gasteiger charge is -2.31. The molecule has 17 heavy (non-hydrogen) atoms. The summed E-state index contributed by atoms with van der Waals surface area (Å²) < 4.78 is 10.7. The van der Waals surface area contributed by atoms with Gasteiger partial charge in [-0.25, -0.2) is 0 Å². The number of ether oxygens (including phenoxy) is 2. The average Bonchev–Trinajstić information content (AvgIpc) is 2.42. The van der Waals surface area contributed by atoms with Gasteiger partial charge < -0.3 is 20.1 Å². The van der Waals surface area contributed by atoms with E-state index in [4.69, 9.17) is 9.47 Å². The Morgan fingerprint density at radius 1 is 1.41 bits per heavy atom. The topological polar surface area (TPSA) is 42.5 Å². The second-order valence-electron chi connectivity index (χ2n) is 4.18. The van der Waals surface area contributed by atoms with Crippen molar-refractivity contribution in [1.29, 1.82) is 0 Å². The van der Waals surface area contributed by atoms with Gasteiger partial charge in [-0.3, -0.25) is 0 Å². The van der Waals surface area contributed by atoms with E-state index < -0.39 is 0 Å². The lowest BCUT2D eigenvalue weighted by atomic mass is 9.99. The van der Waals surface area contributed by atoms with E-state index >= 15 is 0 Å². The number of hydrogen-bond donors (Lipinski definition) is 2. The Balaban J connectivity index is 2.10. The lowest BCUT2D eigenvalue weighted by Crippen LogP contribution is -2.48. The van der Waals surface area contributed by atoms with Crippen LogP contribution in [0, 0.1) is 0 Å². The quantitative estimate of drug-likeness (QED) is 0.816. The minimum absolute atomic E-state index is 0.265. The van der Waals surface area contributed by atoms with Crippen molar-refractivity contribution in [1.82, 2.24) is 10.6 Å². The van der Waals surface area contributed by atoms with Crippen LogP contribution in [0.3, 0.4) is 0 Å². The second-order valence-corrected chi connectivity index (χ2v) is 4.18.